The molecule has 3 aromatic carbocycles. The topological polar surface area (TPSA) is 38.3 Å². The van der Waals surface area contributed by atoms with Gasteiger partial charge in [0.25, 0.3) is 5.91 Å². The van der Waals surface area contributed by atoms with Gasteiger partial charge in [-0.1, -0.05) is 89.2 Å². The Morgan fingerprint density at radius 3 is 1.81 bits per heavy atom. The molecule has 3 rings (SSSR count). The van der Waals surface area contributed by atoms with Crippen LogP contribution in [0.3, 0.4) is 0 Å². The molecule has 0 bridgehead atoms. The molecule has 162 valence electrons. The van der Waals surface area contributed by atoms with Crippen molar-refractivity contribution in [3.05, 3.63) is 95.6 Å². The van der Waals surface area contributed by atoms with Crippen LogP contribution in [-0.2, 0) is 15.6 Å². The van der Waals surface area contributed by atoms with E-state index in [9.17, 15) is 4.79 Å². The highest BCUT2D eigenvalue weighted by Gasteiger charge is 2.23. The molecule has 1 atom stereocenters. The number of amides is 1. The van der Waals surface area contributed by atoms with Gasteiger partial charge in [0, 0.05) is 11.1 Å². The summed E-state index contributed by atoms with van der Waals surface area (Å²) in [5.41, 5.74) is 4.43. The highest BCUT2D eigenvalue weighted by atomic mass is 16.5. The average Bonchev–Trinajstić information content (AvgIpc) is 2.74. The minimum atomic E-state index is -0.602. The second-order valence-electron chi connectivity index (χ2n) is 9.59. The van der Waals surface area contributed by atoms with Gasteiger partial charge in [-0.2, -0.15) is 0 Å². The van der Waals surface area contributed by atoms with E-state index in [1.54, 1.807) is 6.92 Å². The summed E-state index contributed by atoms with van der Waals surface area (Å²) in [6, 6.07) is 26.4. The first-order valence-electron chi connectivity index (χ1n) is 10.8. The van der Waals surface area contributed by atoms with Gasteiger partial charge >= 0.3 is 0 Å². The van der Waals surface area contributed by atoms with Crippen LogP contribution in [-0.4, -0.2) is 12.0 Å². The van der Waals surface area contributed by atoms with Crippen LogP contribution in [0.15, 0.2) is 78.9 Å². The molecule has 3 heteroatoms. The zero-order valence-electron chi connectivity index (χ0n) is 19.4. The molecule has 3 aromatic rings. The van der Waals surface area contributed by atoms with Crippen LogP contribution in [0.2, 0.25) is 0 Å². The van der Waals surface area contributed by atoms with Crippen LogP contribution in [0.25, 0.3) is 0 Å². The predicted molar refractivity (Wildman–Crippen MR) is 129 cm³/mol. The summed E-state index contributed by atoms with van der Waals surface area (Å²) in [5, 5.41) is 2.93. The molecule has 0 radical (unpaired) electrons. The van der Waals surface area contributed by atoms with E-state index in [4.69, 9.17) is 4.74 Å². The van der Waals surface area contributed by atoms with E-state index >= 15 is 0 Å². The van der Waals surface area contributed by atoms with Crippen LogP contribution < -0.4 is 10.1 Å². The van der Waals surface area contributed by atoms with Crippen LogP contribution in [0.5, 0.6) is 5.75 Å². The average molecular weight is 416 g/mol. The van der Waals surface area contributed by atoms with E-state index in [0.29, 0.717) is 5.75 Å². The summed E-state index contributed by atoms with van der Waals surface area (Å²) >= 11 is 0. The second kappa shape index (κ2) is 8.97. The molecule has 1 amide bonds. The summed E-state index contributed by atoms with van der Waals surface area (Å²) < 4.78 is 5.89. The monoisotopic (exact) mass is 415 g/mol. The van der Waals surface area contributed by atoms with Crippen molar-refractivity contribution in [3.63, 3.8) is 0 Å². The van der Waals surface area contributed by atoms with E-state index in [0.717, 1.165) is 5.69 Å². The second-order valence-corrected chi connectivity index (χ2v) is 9.59. The lowest BCUT2D eigenvalue weighted by molar-refractivity contribution is -0.122. The van der Waals surface area contributed by atoms with E-state index in [2.05, 4.69) is 76.3 Å². The van der Waals surface area contributed by atoms with Gasteiger partial charge in [0.1, 0.15) is 5.75 Å². The number of hydrogen-bond acceptors (Lipinski definition) is 2. The van der Waals surface area contributed by atoms with Gasteiger partial charge in [0.2, 0.25) is 0 Å². The van der Waals surface area contributed by atoms with Crippen LogP contribution in [0.4, 0.5) is 5.69 Å². The van der Waals surface area contributed by atoms with Gasteiger partial charge in [-0.15, -0.1) is 0 Å². The first-order valence-corrected chi connectivity index (χ1v) is 10.8. The van der Waals surface area contributed by atoms with Crippen molar-refractivity contribution in [2.75, 3.05) is 5.32 Å². The van der Waals surface area contributed by atoms with E-state index in [1.165, 1.54) is 16.7 Å². The SMILES string of the molecule is CC(Oc1ccc(C(C)(C)c2ccccc2)cc1)C(=O)Nc1ccc(C(C)(C)C)cc1. The Morgan fingerprint density at radius 1 is 0.742 bits per heavy atom. The van der Waals surface area contributed by atoms with Crippen molar-refractivity contribution in [2.45, 2.75) is 58.5 Å². The third kappa shape index (κ3) is 5.55. The van der Waals surface area contributed by atoms with Crippen LogP contribution in [0, 0.1) is 0 Å². The zero-order valence-corrected chi connectivity index (χ0v) is 19.4. The largest absolute Gasteiger partial charge is 0.481 e. The lowest BCUT2D eigenvalue weighted by atomic mass is 9.78. The molecule has 0 heterocycles. The number of benzene rings is 3. The maximum Gasteiger partial charge on any atom is 0.265 e. The Labute approximate surface area is 186 Å². The third-order valence-corrected chi connectivity index (χ3v) is 5.77. The molecule has 0 aliphatic heterocycles. The molecular formula is C28H33NO2. The Morgan fingerprint density at radius 2 is 1.26 bits per heavy atom. The first kappa shape index (κ1) is 22.6. The van der Waals surface area contributed by atoms with Gasteiger partial charge in [0.15, 0.2) is 6.10 Å². The maximum absolute atomic E-state index is 12.6. The smallest absolute Gasteiger partial charge is 0.265 e. The molecule has 0 aliphatic carbocycles. The first-order chi connectivity index (χ1) is 14.6. The molecule has 0 spiro atoms. The summed E-state index contributed by atoms with van der Waals surface area (Å²) in [5.74, 6) is 0.510. The number of carbonyl (C=O) groups is 1. The number of rotatable bonds is 6. The fourth-order valence-corrected chi connectivity index (χ4v) is 3.53. The molecular weight excluding hydrogens is 382 g/mol. The molecule has 3 nitrogen and oxygen atoms in total. The molecule has 0 saturated heterocycles. The highest BCUT2D eigenvalue weighted by Crippen LogP contribution is 2.32. The summed E-state index contributed by atoms with van der Waals surface area (Å²) in [6.45, 7) is 12.7. The van der Waals surface area contributed by atoms with Gasteiger partial charge in [-0.25, -0.2) is 0 Å². The summed E-state index contributed by atoms with van der Waals surface area (Å²) in [4.78, 5) is 12.6. The van der Waals surface area contributed by atoms with Crippen molar-refractivity contribution in [1.29, 1.82) is 0 Å². The predicted octanol–water partition coefficient (Wildman–Crippen LogP) is 6.72. The number of carbonyl (C=O) groups excluding carboxylic acids is 1. The van der Waals surface area contributed by atoms with Crippen molar-refractivity contribution in [2.24, 2.45) is 0 Å². The van der Waals surface area contributed by atoms with E-state index in [1.807, 2.05) is 42.5 Å². The summed E-state index contributed by atoms with van der Waals surface area (Å²) in [6.07, 6.45) is -0.602. The molecule has 0 aromatic heterocycles. The van der Waals surface area contributed by atoms with Crippen molar-refractivity contribution >= 4 is 11.6 Å². The van der Waals surface area contributed by atoms with Crippen LogP contribution >= 0.6 is 0 Å². The van der Waals surface area contributed by atoms with Gasteiger partial charge in [0.05, 0.1) is 0 Å². The molecule has 0 saturated carbocycles. The number of hydrogen-bond donors (Lipinski definition) is 1. The van der Waals surface area contributed by atoms with Crippen molar-refractivity contribution in [1.82, 2.24) is 0 Å². The summed E-state index contributed by atoms with van der Waals surface area (Å²) in [7, 11) is 0. The number of nitrogens with one attached hydrogen (secondary N) is 1. The van der Waals surface area contributed by atoms with Crippen molar-refractivity contribution < 1.29 is 9.53 Å². The Hall–Kier alpha value is -3.07. The maximum atomic E-state index is 12.6. The molecule has 0 fully saturated rings. The lowest BCUT2D eigenvalue weighted by Crippen LogP contribution is -2.30. The van der Waals surface area contributed by atoms with Crippen molar-refractivity contribution in [3.8, 4) is 5.75 Å². The third-order valence-electron chi connectivity index (χ3n) is 5.77. The lowest BCUT2D eigenvalue weighted by Gasteiger charge is -2.26. The minimum Gasteiger partial charge on any atom is -0.481 e. The van der Waals surface area contributed by atoms with Crippen LogP contribution in [0.1, 0.15) is 58.2 Å². The quantitative estimate of drug-likeness (QED) is 0.485. The van der Waals surface area contributed by atoms with E-state index in [-0.39, 0.29) is 16.7 Å². The Bertz CT molecular complexity index is 998. The number of ether oxygens (including phenoxy) is 1. The highest BCUT2D eigenvalue weighted by molar-refractivity contribution is 5.94. The Balaban J connectivity index is 1.62. The Kier molecular flexibility index (Phi) is 6.54. The molecule has 1 N–H and O–H groups in total. The molecule has 0 aliphatic rings. The fraction of sp³-hybridized carbons (Fsp3) is 0.321. The van der Waals surface area contributed by atoms with Gasteiger partial charge < -0.3 is 10.1 Å². The fourth-order valence-electron chi connectivity index (χ4n) is 3.53. The van der Waals surface area contributed by atoms with Gasteiger partial charge in [-0.05, 0) is 53.3 Å². The normalized spacial score (nSPS) is 12.8. The zero-order chi connectivity index (χ0) is 22.6. The van der Waals surface area contributed by atoms with E-state index < -0.39 is 6.10 Å². The molecule has 31 heavy (non-hydrogen) atoms. The van der Waals surface area contributed by atoms with Gasteiger partial charge in [-0.3, -0.25) is 4.79 Å². The minimum absolute atomic E-state index is 0.0835. The standard InChI is InChI=1S/C28H33NO2/c1-20(26(30)29-24-16-12-21(13-17-24)27(2,3)4)31-25-18-14-23(15-19-25)28(5,6)22-10-8-7-9-11-22/h7-20H,1-6H3,(H,29,30). The molecule has 1 unspecified atom stereocenters. The number of anilines is 1.